The predicted octanol–water partition coefficient (Wildman–Crippen LogP) is 4.34. The summed E-state index contributed by atoms with van der Waals surface area (Å²) in [4.78, 5) is 3.59. The molecule has 0 bridgehead atoms. The molecule has 2 heterocycles. The Balaban J connectivity index is 1.69. The number of anilines is 1. The zero-order chi connectivity index (χ0) is 20.4. The third-order valence-corrected chi connectivity index (χ3v) is 6.91. The zero-order valence-electron chi connectivity index (χ0n) is 16.2. The fourth-order valence-corrected chi connectivity index (χ4v) is 5.34. The van der Waals surface area contributed by atoms with E-state index in [9.17, 15) is 8.42 Å². The first-order valence-electron chi connectivity index (χ1n) is 9.59. The van der Waals surface area contributed by atoms with Crippen molar-refractivity contribution in [2.45, 2.75) is 24.8 Å². The van der Waals surface area contributed by atoms with Gasteiger partial charge in [-0.05, 0) is 36.8 Å². The van der Waals surface area contributed by atoms with E-state index in [0.29, 0.717) is 13.0 Å². The Bertz CT molecular complexity index is 1190. The lowest BCUT2D eigenvalue weighted by molar-refractivity contribution is -0.671. The first kappa shape index (κ1) is 19.9. The highest BCUT2D eigenvalue weighted by Crippen LogP contribution is 2.46. The molecule has 0 fully saturated rings. The maximum Gasteiger partial charge on any atom is 0.265 e. The molecule has 0 spiro atoms. The Morgan fingerprint density at radius 2 is 1.86 bits per heavy atom. The van der Waals surface area contributed by atoms with Crippen LogP contribution in [0.5, 0.6) is 0 Å². The molecule has 0 atom stereocenters. The summed E-state index contributed by atoms with van der Waals surface area (Å²) in [5, 5.41) is 2.31. The van der Waals surface area contributed by atoms with Gasteiger partial charge < -0.3 is 4.90 Å². The van der Waals surface area contributed by atoms with Gasteiger partial charge in [0.2, 0.25) is 5.52 Å². The Kier molecular flexibility index (Phi) is 5.63. The van der Waals surface area contributed by atoms with Crippen molar-refractivity contribution in [1.29, 1.82) is 0 Å². The average Bonchev–Trinajstić information content (AvgIpc) is 3.05. The van der Waals surface area contributed by atoms with Crippen LogP contribution in [0.1, 0.15) is 18.9 Å². The van der Waals surface area contributed by atoms with Crippen LogP contribution in [0.4, 0.5) is 5.69 Å². The van der Waals surface area contributed by atoms with Gasteiger partial charge in [-0.1, -0.05) is 36.0 Å². The van der Waals surface area contributed by atoms with E-state index in [1.807, 2.05) is 29.0 Å². The van der Waals surface area contributed by atoms with Crippen molar-refractivity contribution in [3.63, 3.8) is 0 Å². The van der Waals surface area contributed by atoms with E-state index in [0.717, 1.165) is 23.0 Å². The van der Waals surface area contributed by atoms with Gasteiger partial charge in [-0.2, -0.15) is 13.0 Å². The largest absolute Gasteiger partial charge is 0.335 e. The second-order valence-electron chi connectivity index (χ2n) is 6.92. The summed E-state index contributed by atoms with van der Waals surface area (Å²) in [6, 6.07) is 18.6. The number of aryl methyl sites for hydroxylation is 1. The molecule has 1 aliphatic heterocycles. The fourth-order valence-electron chi connectivity index (χ4n) is 3.67. The Labute approximate surface area is 175 Å². The second-order valence-corrected chi connectivity index (χ2v) is 9.55. The van der Waals surface area contributed by atoms with Crippen LogP contribution in [-0.4, -0.2) is 25.3 Å². The molecule has 0 amide bonds. The van der Waals surface area contributed by atoms with E-state index in [1.54, 1.807) is 11.8 Å². The van der Waals surface area contributed by atoms with E-state index in [4.69, 9.17) is 4.55 Å². The van der Waals surface area contributed by atoms with Crippen LogP contribution in [0.3, 0.4) is 0 Å². The molecule has 5 nitrogen and oxygen atoms in total. The van der Waals surface area contributed by atoms with Gasteiger partial charge in [0.1, 0.15) is 6.54 Å². The van der Waals surface area contributed by atoms with Gasteiger partial charge in [-0.3, -0.25) is 4.55 Å². The molecular weight excluding hydrogens is 404 g/mol. The minimum absolute atomic E-state index is 0.236. The third-order valence-electron chi connectivity index (χ3n) is 4.99. The molecule has 0 radical (unpaired) electrons. The first-order chi connectivity index (χ1) is 14.0. The summed E-state index contributed by atoms with van der Waals surface area (Å²) < 4.78 is 33.1. The van der Waals surface area contributed by atoms with Crippen LogP contribution in [0, 0.1) is 0 Å². The van der Waals surface area contributed by atoms with Crippen molar-refractivity contribution < 1.29 is 17.5 Å². The van der Waals surface area contributed by atoms with Crippen molar-refractivity contribution in [3.05, 3.63) is 71.4 Å². The molecule has 150 valence electrons. The highest BCUT2D eigenvalue weighted by Gasteiger charge is 2.24. The minimum atomic E-state index is -3.94. The second kappa shape index (κ2) is 8.18. The molecular formula is C22H23N2O3S2+. The number of fused-ring (bicyclic) bond motifs is 2. The van der Waals surface area contributed by atoms with Gasteiger partial charge in [0.25, 0.3) is 10.1 Å². The number of rotatable bonds is 6. The fraction of sp³-hybridized carbons (Fsp3) is 0.227. The zero-order valence-corrected chi connectivity index (χ0v) is 17.8. The molecule has 0 aliphatic carbocycles. The molecule has 1 N–H and O–H groups in total. The number of benzene rings is 2. The van der Waals surface area contributed by atoms with E-state index in [1.165, 1.54) is 15.6 Å². The van der Waals surface area contributed by atoms with Gasteiger partial charge in [0, 0.05) is 30.0 Å². The van der Waals surface area contributed by atoms with Gasteiger partial charge in [0.15, 0.2) is 6.20 Å². The molecule has 7 heteroatoms. The van der Waals surface area contributed by atoms with Crippen LogP contribution < -0.4 is 9.47 Å². The molecule has 3 aromatic rings. The molecule has 0 unspecified atom stereocenters. The molecule has 0 saturated heterocycles. The van der Waals surface area contributed by atoms with Crippen molar-refractivity contribution in [3.8, 4) is 0 Å². The molecule has 1 aliphatic rings. The summed E-state index contributed by atoms with van der Waals surface area (Å²) in [6.07, 6.45) is 4.57. The minimum Gasteiger partial charge on any atom is -0.335 e. The molecule has 2 aromatic carbocycles. The standard InChI is InChI=1S/C22H22N2O3S2/c1-2-24-20-10-5-6-11-21(20)28-22(24)16-17-12-14-23(13-7-15-29(25,26)27)19-9-4-3-8-18(17)19/h3-6,8-12,14,16H,2,7,13,15H2,1H3/p+1. The van der Waals surface area contributed by atoms with E-state index in [-0.39, 0.29) is 5.75 Å². The average molecular weight is 428 g/mol. The van der Waals surface area contributed by atoms with Crippen molar-refractivity contribution in [2.75, 3.05) is 17.2 Å². The monoisotopic (exact) mass is 427 g/mol. The lowest BCUT2D eigenvalue weighted by Gasteiger charge is -2.18. The Morgan fingerprint density at radius 3 is 2.66 bits per heavy atom. The van der Waals surface area contributed by atoms with Gasteiger partial charge in [-0.25, -0.2) is 0 Å². The Morgan fingerprint density at radius 1 is 1.10 bits per heavy atom. The smallest absolute Gasteiger partial charge is 0.265 e. The van der Waals surface area contributed by atoms with E-state index < -0.39 is 10.1 Å². The van der Waals surface area contributed by atoms with Crippen molar-refractivity contribution >= 4 is 44.5 Å². The predicted molar refractivity (Wildman–Crippen MR) is 118 cm³/mol. The first-order valence-corrected chi connectivity index (χ1v) is 12.0. The van der Waals surface area contributed by atoms with E-state index in [2.05, 4.69) is 54.3 Å². The molecule has 4 rings (SSSR count). The summed E-state index contributed by atoms with van der Waals surface area (Å²) in [6.45, 7) is 3.58. The summed E-state index contributed by atoms with van der Waals surface area (Å²) in [7, 11) is -3.94. The summed E-state index contributed by atoms with van der Waals surface area (Å²) >= 11 is 1.78. The number of thioether (sulfide) groups is 1. The van der Waals surface area contributed by atoms with Crippen LogP contribution in [-0.2, 0) is 16.7 Å². The Hall–Kier alpha value is -2.35. The highest BCUT2D eigenvalue weighted by molar-refractivity contribution is 8.03. The molecule has 29 heavy (non-hydrogen) atoms. The summed E-state index contributed by atoms with van der Waals surface area (Å²) in [5.41, 5.74) is 3.41. The number of nitrogens with zero attached hydrogens (tertiary/aromatic N) is 2. The molecule has 1 aromatic heterocycles. The van der Waals surface area contributed by atoms with Crippen LogP contribution in [0.15, 0.2) is 70.7 Å². The van der Waals surface area contributed by atoms with Crippen molar-refractivity contribution in [2.24, 2.45) is 0 Å². The quantitative estimate of drug-likeness (QED) is 0.468. The van der Waals surface area contributed by atoms with Crippen LogP contribution >= 0.6 is 11.8 Å². The van der Waals surface area contributed by atoms with Gasteiger partial charge >= 0.3 is 0 Å². The van der Waals surface area contributed by atoms with Crippen molar-refractivity contribution in [1.82, 2.24) is 0 Å². The maximum absolute atomic E-state index is 11.0. The SMILES string of the molecule is CCN1/C(=C/c2cc[n+](CCCS(=O)(=O)O)c3ccccc23)Sc2ccccc21. The maximum atomic E-state index is 11.0. The number of aromatic nitrogens is 1. The summed E-state index contributed by atoms with van der Waals surface area (Å²) in [5.74, 6) is -0.236. The van der Waals surface area contributed by atoms with Gasteiger partial charge in [0.05, 0.1) is 21.9 Å². The number of para-hydroxylation sites is 2. The third kappa shape index (κ3) is 4.32. The molecule has 0 saturated carbocycles. The topological polar surface area (TPSA) is 61.5 Å². The van der Waals surface area contributed by atoms with Crippen LogP contribution in [0.2, 0.25) is 0 Å². The lowest BCUT2D eigenvalue weighted by Crippen LogP contribution is -2.35. The lowest BCUT2D eigenvalue weighted by atomic mass is 10.1. The normalized spacial score (nSPS) is 15.2. The number of hydrogen-bond donors (Lipinski definition) is 1. The van der Waals surface area contributed by atoms with Crippen LogP contribution in [0.25, 0.3) is 17.0 Å². The van der Waals surface area contributed by atoms with Gasteiger partial charge in [-0.15, -0.1) is 0 Å². The number of hydrogen-bond acceptors (Lipinski definition) is 4. The van der Waals surface area contributed by atoms with E-state index >= 15 is 0 Å². The number of pyridine rings is 1. The highest BCUT2D eigenvalue weighted by atomic mass is 32.2.